The molecule has 0 unspecified atom stereocenters. The summed E-state index contributed by atoms with van der Waals surface area (Å²) in [6.07, 6.45) is 4.19. The number of pyridine rings is 1. The summed E-state index contributed by atoms with van der Waals surface area (Å²) in [7, 11) is 0. The molecule has 37 heavy (non-hydrogen) atoms. The summed E-state index contributed by atoms with van der Waals surface area (Å²) in [5.41, 5.74) is 7.60. The van der Waals surface area contributed by atoms with Crippen molar-refractivity contribution in [1.82, 2.24) is 25.8 Å². The van der Waals surface area contributed by atoms with Crippen LogP contribution in [0.1, 0.15) is 43.5 Å². The van der Waals surface area contributed by atoms with E-state index in [-0.39, 0.29) is 11.4 Å². The van der Waals surface area contributed by atoms with Crippen LogP contribution in [0.25, 0.3) is 0 Å². The van der Waals surface area contributed by atoms with Gasteiger partial charge in [-0.15, -0.1) is 0 Å². The molecule has 184 valence electrons. The summed E-state index contributed by atoms with van der Waals surface area (Å²) in [5.74, 6) is 0.0383. The quantitative estimate of drug-likeness (QED) is 0.342. The van der Waals surface area contributed by atoms with E-state index in [0.29, 0.717) is 24.7 Å². The maximum Gasteiger partial charge on any atom is 0.292 e. The fourth-order valence-corrected chi connectivity index (χ4v) is 3.38. The number of hydrazone groups is 2. The Morgan fingerprint density at radius 1 is 0.676 bits per heavy atom. The third kappa shape index (κ3) is 6.03. The lowest BCUT2D eigenvalue weighted by atomic mass is 10.2. The maximum absolute atomic E-state index is 12.5. The number of imidazole rings is 1. The molecule has 0 saturated heterocycles. The molecule has 0 atom stereocenters. The van der Waals surface area contributed by atoms with Gasteiger partial charge in [-0.25, -0.2) is 15.8 Å². The van der Waals surface area contributed by atoms with E-state index in [1.165, 1.54) is 18.8 Å². The van der Waals surface area contributed by atoms with Crippen LogP contribution in [0.2, 0.25) is 0 Å². The molecule has 0 radical (unpaired) electrons. The highest BCUT2D eigenvalue weighted by molar-refractivity contribution is 6.05. The standard InChI is InChI=1S/C26H21N7O4/c34-25-23-24(28-16-27-23)26(35)33-30-13-18-6-10-22(11-7-18)37-15-20-3-1-2-19(31-20)14-36-21-8-4-17(5-9-21)12-29-32-25/h1-13,16H,14-15H2,(H,27,28)(H,32,34)(H,33,35)/b29-12-,30-13-. The molecule has 3 N–H and O–H groups in total. The van der Waals surface area contributed by atoms with Gasteiger partial charge in [0.1, 0.15) is 30.4 Å². The lowest BCUT2D eigenvalue weighted by Crippen LogP contribution is -2.25. The molecule has 4 aliphatic rings. The number of aromatic amines is 1. The van der Waals surface area contributed by atoms with Crippen molar-refractivity contribution in [3.05, 3.63) is 107 Å². The van der Waals surface area contributed by atoms with Gasteiger partial charge in [-0.2, -0.15) is 10.2 Å². The van der Waals surface area contributed by atoms with Crippen LogP contribution in [0, 0.1) is 0 Å². The van der Waals surface area contributed by atoms with Gasteiger partial charge in [-0.3, -0.25) is 14.6 Å². The van der Waals surface area contributed by atoms with Crippen molar-refractivity contribution >= 4 is 24.2 Å². The van der Waals surface area contributed by atoms with Crippen molar-refractivity contribution in [2.24, 2.45) is 10.2 Å². The second-order valence-corrected chi connectivity index (χ2v) is 7.86. The van der Waals surface area contributed by atoms with E-state index < -0.39 is 11.8 Å². The topological polar surface area (TPSA) is 143 Å². The first-order valence-corrected chi connectivity index (χ1v) is 11.2. The highest BCUT2D eigenvalue weighted by Gasteiger charge is 2.19. The number of carbonyl (C=O) groups is 2. The predicted molar refractivity (Wildman–Crippen MR) is 134 cm³/mol. The van der Waals surface area contributed by atoms with Crippen LogP contribution in [0.15, 0.2) is 83.3 Å². The maximum atomic E-state index is 12.5. The predicted octanol–water partition coefficient (Wildman–Crippen LogP) is 2.80. The molecule has 11 nitrogen and oxygen atoms in total. The lowest BCUT2D eigenvalue weighted by Gasteiger charge is -2.09. The van der Waals surface area contributed by atoms with Gasteiger partial charge < -0.3 is 14.5 Å². The largest absolute Gasteiger partial charge is 0.487 e. The molecular weight excluding hydrogens is 474 g/mol. The summed E-state index contributed by atoms with van der Waals surface area (Å²) < 4.78 is 11.7. The number of ether oxygens (including phenoxy) is 2. The van der Waals surface area contributed by atoms with Crippen molar-refractivity contribution in [3.63, 3.8) is 0 Å². The molecule has 4 aromatic rings. The number of H-pyrrole nitrogens is 1. The zero-order chi connectivity index (χ0) is 25.5. The molecule has 0 spiro atoms. The third-order valence-electron chi connectivity index (χ3n) is 5.24. The van der Waals surface area contributed by atoms with Gasteiger partial charge >= 0.3 is 0 Å². The van der Waals surface area contributed by atoms with Gasteiger partial charge in [0.15, 0.2) is 5.69 Å². The van der Waals surface area contributed by atoms with Crippen LogP contribution in [-0.2, 0) is 13.2 Å². The summed E-state index contributed by atoms with van der Waals surface area (Å²) in [6, 6.07) is 20.0. The van der Waals surface area contributed by atoms with Crippen molar-refractivity contribution in [2.75, 3.05) is 0 Å². The zero-order valence-corrected chi connectivity index (χ0v) is 19.4. The number of nitrogens with zero attached hydrogens (tertiary/aromatic N) is 4. The third-order valence-corrected chi connectivity index (χ3v) is 5.24. The second-order valence-electron chi connectivity index (χ2n) is 7.86. The SMILES string of the molecule is O=C1N/N=C\c2ccc(cc2)OCc2cccc(n2)COc2ccc(cc2)/C=N\NC(=O)c2[nH]cnc21. The molecule has 0 saturated carbocycles. The van der Waals surface area contributed by atoms with E-state index >= 15 is 0 Å². The normalized spacial score (nSPS) is 15.7. The van der Waals surface area contributed by atoms with Crippen molar-refractivity contribution in [1.29, 1.82) is 0 Å². The fourth-order valence-electron chi connectivity index (χ4n) is 3.38. The van der Waals surface area contributed by atoms with Gasteiger partial charge in [-0.05, 0) is 71.8 Å². The number of carbonyl (C=O) groups excluding carboxylic acids is 2. The van der Waals surface area contributed by atoms with Crippen molar-refractivity contribution < 1.29 is 19.1 Å². The Hall–Kier alpha value is -5.32. The minimum absolute atomic E-state index is 0.0436. The van der Waals surface area contributed by atoms with Crippen LogP contribution < -0.4 is 20.3 Å². The average molecular weight is 495 g/mol. The Morgan fingerprint density at radius 3 is 1.78 bits per heavy atom. The minimum atomic E-state index is -0.651. The summed E-state index contributed by atoms with van der Waals surface area (Å²) in [4.78, 5) is 36.2. The zero-order valence-electron chi connectivity index (χ0n) is 19.4. The molecule has 11 heteroatoms. The number of hydrogen-bond donors (Lipinski definition) is 3. The number of rotatable bonds is 0. The monoisotopic (exact) mass is 495 g/mol. The molecule has 6 bridgehead atoms. The first-order chi connectivity index (χ1) is 18.1. The summed E-state index contributed by atoms with van der Waals surface area (Å²) in [6.45, 7) is 0.592. The second kappa shape index (κ2) is 11.0. The Labute approximate surface area is 211 Å². The van der Waals surface area contributed by atoms with E-state index in [1.807, 2.05) is 18.2 Å². The molecule has 8 rings (SSSR count). The van der Waals surface area contributed by atoms with E-state index in [4.69, 9.17) is 9.47 Å². The van der Waals surface area contributed by atoms with Crippen LogP contribution in [0.5, 0.6) is 11.5 Å². The number of benzene rings is 2. The number of amides is 2. The smallest absolute Gasteiger partial charge is 0.292 e. The van der Waals surface area contributed by atoms with Crippen LogP contribution in [0.4, 0.5) is 0 Å². The highest BCUT2D eigenvalue weighted by Crippen LogP contribution is 2.15. The van der Waals surface area contributed by atoms with Gasteiger partial charge in [-0.1, -0.05) is 6.07 Å². The number of nitrogens with one attached hydrogen (secondary N) is 3. The van der Waals surface area contributed by atoms with Crippen LogP contribution >= 0.6 is 0 Å². The highest BCUT2D eigenvalue weighted by atomic mass is 16.5. The van der Waals surface area contributed by atoms with Gasteiger partial charge in [0.2, 0.25) is 0 Å². The van der Waals surface area contributed by atoms with Crippen molar-refractivity contribution in [2.45, 2.75) is 13.2 Å². The Kier molecular flexibility index (Phi) is 6.93. The molecule has 2 aromatic carbocycles. The number of aromatic nitrogens is 3. The first-order valence-electron chi connectivity index (χ1n) is 11.2. The van der Waals surface area contributed by atoms with Crippen molar-refractivity contribution in [3.8, 4) is 11.5 Å². The van der Waals surface area contributed by atoms with Crippen LogP contribution in [-0.4, -0.2) is 39.2 Å². The van der Waals surface area contributed by atoms with Gasteiger partial charge in [0.05, 0.1) is 30.1 Å². The molecule has 0 aliphatic carbocycles. The molecule has 2 aromatic heterocycles. The van der Waals surface area contributed by atoms with E-state index in [9.17, 15) is 9.59 Å². The Morgan fingerprint density at radius 2 is 1.22 bits per heavy atom. The Bertz CT molecular complexity index is 1360. The van der Waals surface area contributed by atoms with E-state index in [1.54, 1.807) is 48.5 Å². The van der Waals surface area contributed by atoms with E-state index in [0.717, 1.165) is 22.5 Å². The van der Waals surface area contributed by atoms with Gasteiger partial charge in [0.25, 0.3) is 11.8 Å². The molecule has 4 aliphatic heterocycles. The molecule has 6 heterocycles. The van der Waals surface area contributed by atoms with E-state index in [2.05, 4.69) is 36.0 Å². The average Bonchev–Trinajstić information content (AvgIpc) is 3.42. The Balaban J connectivity index is 1.38. The summed E-state index contributed by atoms with van der Waals surface area (Å²) >= 11 is 0. The fraction of sp³-hybridized carbons (Fsp3) is 0.0769. The molecule has 2 amide bonds. The minimum Gasteiger partial charge on any atom is -0.487 e. The molecular formula is C26H21N7O4. The first kappa shape index (κ1) is 23.4. The van der Waals surface area contributed by atoms with Crippen LogP contribution in [0.3, 0.4) is 0 Å². The lowest BCUT2D eigenvalue weighted by molar-refractivity contribution is 0.0915. The number of hydrogen-bond acceptors (Lipinski definition) is 8. The van der Waals surface area contributed by atoms with Gasteiger partial charge in [0, 0.05) is 0 Å². The molecule has 0 fully saturated rings. The summed E-state index contributed by atoms with van der Waals surface area (Å²) in [5, 5.41) is 7.90.